The average Bonchev–Trinajstić information content (AvgIpc) is 2.39. The molecule has 0 N–H and O–H groups in total. The van der Waals surface area contributed by atoms with Gasteiger partial charge in [-0.1, -0.05) is 88.3 Å². The van der Waals surface area contributed by atoms with Crippen molar-refractivity contribution in [2.75, 3.05) is 5.75 Å². The highest BCUT2D eigenvalue weighted by molar-refractivity contribution is 8.45. The van der Waals surface area contributed by atoms with Crippen LogP contribution in [0.5, 0.6) is 0 Å². The number of halogens is 5. The lowest BCUT2D eigenvalue weighted by molar-refractivity contribution is 0.360. The molecule has 0 atom stereocenters. The molecule has 0 saturated carbocycles. The Labute approximate surface area is 129 Å². The zero-order valence-electron chi connectivity index (χ0n) is 12.8. The highest BCUT2D eigenvalue weighted by Gasteiger charge is 2.62. The smallest absolute Gasteiger partial charge is 0.0978 e. The summed E-state index contributed by atoms with van der Waals surface area (Å²) in [5.74, 6) is -1.91. The molecule has 0 bridgehead atoms. The molecule has 0 aliphatic heterocycles. The molecule has 0 amide bonds. The third-order valence-electron chi connectivity index (χ3n) is 3.59. The molecular weight excluding hydrogens is 319 g/mol. The van der Waals surface area contributed by atoms with Gasteiger partial charge in [0.25, 0.3) is 10.2 Å². The molecule has 6 heteroatoms. The van der Waals surface area contributed by atoms with Gasteiger partial charge in [-0.3, -0.25) is 0 Å². The molecule has 0 aliphatic carbocycles. The molecule has 0 fully saturated rings. The molecular formula is C16H25F5S. The Hall–Kier alpha value is -0.780. The molecule has 0 nitrogen and oxygen atoms in total. The maximum absolute atomic E-state index is 12.1. The van der Waals surface area contributed by atoms with Gasteiger partial charge < -0.3 is 0 Å². The quantitative estimate of drug-likeness (QED) is 0.286. The summed E-state index contributed by atoms with van der Waals surface area (Å²) >= 11 is 0. The summed E-state index contributed by atoms with van der Waals surface area (Å²) in [5, 5.41) is 0. The third kappa shape index (κ3) is 11.8. The number of rotatable bonds is 11. The first-order chi connectivity index (χ1) is 10.1. The van der Waals surface area contributed by atoms with Crippen LogP contribution in [0.4, 0.5) is 19.4 Å². The van der Waals surface area contributed by atoms with Crippen LogP contribution in [0.1, 0.15) is 56.9 Å². The summed E-state index contributed by atoms with van der Waals surface area (Å²) < 4.78 is 60.4. The van der Waals surface area contributed by atoms with Crippen LogP contribution in [0.15, 0.2) is 30.3 Å². The molecule has 0 aromatic heterocycles. The average molecular weight is 344 g/mol. The predicted molar refractivity (Wildman–Crippen MR) is 85.1 cm³/mol. The van der Waals surface area contributed by atoms with Gasteiger partial charge in [0.05, 0.1) is 5.75 Å². The highest BCUT2D eigenvalue weighted by Crippen LogP contribution is 2.97. The van der Waals surface area contributed by atoms with Crippen LogP contribution in [-0.2, 0) is 6.42 Å². The van der Waals surface area contributed by atoms with Crippen molar-refractivity contribution >= 4 is 10.2 Å². The van der Waals surface area contributed by atoms with Gasteiger partial charge in [-0.2, -0.15) is 0 Å². The van der Waals surface area contributed by atoms with Crippen molar-refractivity contribution in [1.82, 2.24) is 0 Å². The summed E-state index contributed by atoms with van der Waals surface area (Å²) in [6.07, 6.45) is 6.47. The van der Waals surface area contributed by atoms with Crippen LogP contribution in [0.3, 0.4) is 0 Å². The molecule has 0 radical (unpaired) electrons. The predicted octanol–water partition coefficient (Wildman–Crippen LogP) is 7.65. The van der Waals surface area contributed by atoms with E-state index in [9.17, 15) is 19.4 Å². The van der Waals surface area contributed by atoms with Crippen LogP contribution in [-0.4, -0.2) is 5.75 Å². The Morgan fingerprint density at radius 3 is 1.55 bits per heavy atom. The minimum Gasteiger partial charge on any atom is -0.0978 e. The van der Waals surface area contributed by atoms with E-state index in [1.165, 1.54) is 5.56 Å². The van der Waals surface area contributed by atoms with E-state index in [0.717, 1.165) is 38.5 Å². The molecule has 0 unspecified atom stereocenters. The van der Waals surface area contributed by atoms with Crippen molar-refractivity contribution < 1.29 is 19.4 Å². The van der Waals surface area contributed by atoms with Crippen molar-refractivity contribution in [2.24, 2.45) is 0 Å². The van der Waals surface area contributed by atoms with E-state index in [1.807, 2.05) is 18.2 Å². The first-order valence-electron chi connectivity index (χ1n) is 7.82. The lowest BCUT2D eigenvalue weighted by Crippen LogP contribution is -2.10. The monoisotopic (exact) mass is 344 g/mol. The summed E-state index contributed by atoms with van der Waals surface area (Å²) in [6.45, 7) is 0. The Morgan fingerprint density at radius 2 is 1.05 bits per heavy atom. The Kier molecular flexibility index (Phi) is 6.30. The molecule has 0 saturated heterocycles. The molecule has 0 heterocycles. The van der Waals surface area contributed by atoms with Gasteiger partial charge in [0.1, 0.15) is 0 Å². The van der Waals surface area contributed by atoms with Crippen LogP contribution in [0.2, 0.25) is 0 Å². The largest absolute Gasteiger partial charge is 0.285 e. The van der Waals surface area contributed by atoms with Crippen LogP contribution in [0, 0.1) is 0 Å². The molecule has 1 rings (SSSR count). The molecule has 0 aliphatic rings. The van der Waals surface area contributed by atoms with Gasteiger partial charge in [-0.05, 0) is 24.8 Å². The second-order valence-electron chi connectivity index (χ2n) is 5.90. The normalized spacial score (nSPS) is 15.3. The Morgan fingerprint density at radius 1 is 0.591 bits per heavy atom. The van der Waals surface area contributed by atoms with Crippen molar-refractivity contribution in [1.29, 1.82) is 0 Å². The number of unbranched alkanes of at least 4 members (excludes halogenated alkanes) is 7. The van der Waals surface area contributed by atoms with Gasteiger partial charge >= 0.3 is 0 Å². The molecule has 1 aromatic carbocycles. The van der Waals surface area contributed by atoms with Gasteiger partial charge in [0, 0.05) is 0 Å². The number of aryl methyl sites for hydroxylation is 1. The molecule has 22 heavy (non-hydrogen) atoms. The Balaban J connectivity index is 1.92. The topological polar surface area (TPSA) is 0 Å². The number of benzene rings is 1. The highest BCUT2D eigenvalue weighted by atomic mass is 32.5. The van der Waals surface area contributed by atoms with Gasteiger partial charge in [-0.15, -0.1) is 0 Å². The SMILES string of the molecule is FS(F)(F)(F)(F)CCCCCCCCCCc1ccccc1. The maximum Gasteiger partial charge on any atom is 0.285 e. The molecule has 1 aromatic rings. The first-order valence-corrected chi connectivity index (χ1v) is 9.94. The fourth-order valence-electron chi connectivity index (χ4n) is 2.41. The fourth-order valence-corrected chi connectivity index (χ4v) is 3.16. The second-order valence-corrected chi connectivity index (χ2v) is 8.56. The fraction of sp³-hybridized carbons (Fsp3) is 0.625. The summed E-state index contributed by atoms with van der Waals surface area (Å²) in [4.78, 5) is 0. The minimum atomic E-state index is -9.17. The van der Waals surface area contributed by atoms with E-state index in [-0.39, 0.29) is 6.42 Å². The van der Waals surface area contributed by atoms with Crippen LogP contribution >= 0.6 is 10.2 Å². The zero-order chi connectivity index (χ0) is 16.6. The van der Waals surface area contributed by atoms with Crippen molar-refractivity contribution in [3.8, 4) is 0 Å². The number of hydrogen-bond donors (Lipinski definition) is 0. The van der Waals surface area contributed by atoms with Gasteiger partial charge in [-0.25, -0.2) is 0 Å². The third-order valence-corrected chi connectivity index (χ3v) is 4.65. The number of hydrogen-bond acceptors (Lipinski definition) is 0. The summed E-state index contributed by atoms with van der Waals surface area (Å²) in [7, 11) is -9.17. The molecule has 130 valence electrons. The van der Waals surface area contributed by atoms with Crippen molar-refractivity contribution in [3.63, 3.8) is 0 Å². The van der Waals surface area contributed by atoms with Gasteiger partial charge in [0.15, 0.2) is 0 Å². The van der Waals surface area contributed by atoms with Crippen molar-refractivity contribution in [2.45, 2.75) is 57.8 Å². The lowest BCUT2D eigenvalue weighted by atomic mass is 10.0. The lowest BCUT2D eigenvalue weighted by Gasteiger charge is -2.40. The van der Waals surface area contributed by atoms with E-state index < -0.39 is 22.4 Å². The van der Waals surface area contributed by atoms with Gasteiger partial charge in [0.2, 0.25) is 0 Å². The minimum absolute atomic E-state index is 0.232. The summed E-state index contributed by atoms with van der Waals surface area (Å²) in [6, 6.07) is 10.2. The van der Waals surface area contributed by atoms with E-state index >= 15 is 0 Å². The Bertz CT molecular complexity index is 426. The van der Waals surface area contributed by atoms with Crippen LogP contribution < -0.4 is 0 Å². The maximum atomic E-state index is 12.1. The zero-order valence-corrected chi connectivity index (χ0v) is 13.6. The van der Waals surface area contributed by atoms with Crippen LogP contribution in [0.25, 0.3) is 0 Å². The van der Waals surface area contributed by atoms with E-state index in [0.29, 0.717) is 6.42 Å². The second kappa shape index (κ2) is 7.20. The van der Waals surface area contributed by atoms with Crippen molar-refractivity contribution in [3.05, 3.63) is 35.9 Å². The van der Waals surface area contributed by atoms with E-state index in [4.69, 9.17) is 0 Å². The first kappa shape index (κ1) is 19.3. The van der Waals surface area contributed by atoms with E-state index in [1.54, 1.807) is 0 Å². The molecule has 0 spiro atoms. The summed E-state index contributed by atoms with van der Waals surface area (Å²) in [5.41, 5.74) is 1.32. The standard InChI is InChI=1S/C16H25F5S/c17-22(18,19,20,21)15-11-6-4-2-1-3-5-8-12-16-13-9-7-10-14-16/h7,9-10,13-14H,1-6,8,11-12,15H2. The van der Waals surface area contributed by atoms with E-state index in [2.05, 4.69) is 12.1 Å².